The average Bonchev–Trinajstić information content (AvgIpc) is 3.14. The number of hydrogen-bond acceptors (Lipinski definition) is 5. The molecule has 0 bridgehead atoms. The Morgan fingerprint density at radius 1 is 1.07 bits per heavy atom. The van der Waals surface area contributed by atoms with Crippen molar-refractivity contribution >= 4 is 16.9 Å². The Morgan fingerprint density at radius 2 is 1.81 bits per heavy atom. The second-order valence-electron chi connectivity index (χ2n) is 7.05. The maximum Gasteiger partial charge on any atom is 0.340 e. The highest BCUT2D eigenvalue weighted by Crippen LogP contribution is 2.21. The fourth-order valence-electron chi connectivity index (χ4n) is 3.47. The SMILES string of the molecule is COC(=O)c1cccc2cn(-c3ccc(CN4CCN(C)CC4)cc3)nc12. The molecule has 1 aliphatic rings. The third kappa shape index (κ3) is 3.72. The Kier molecular flexibility index (Phi) is 4.92. The van der Waals surface area contributed by atoms with Crippen LogP contribution < -0.4 is 0 Å². The number of hydrogen-bond donors (Lipinski definition) is 0. The zero-order chi connectivity index (χ0) is 18.8. The van der Waals surface area contributed by atoms with Crippen LogP contribution in [-0.2, 0) is 11.3 Å². The van der Waals surface area contributed by atoms with Crippen LogP contribution in [0, 0.1) is 0 Å². The van der Waals surface area contributed by atoms with Gasteiger partial charge in [0.05, 0.1) is 18.4 Å². The van der Waals surface area contributed by atoms with Crippen LogP contribution >= 0.6 is 0 Å². The van der Waals surface area contributed by atoms with Gasteiger partial charge in [0.2, 0.25) is 0 Å². The summed E-state index contributed by atoms with van der Waals surface area (Å²) in [4.78, 5) is 16.8. The number of benzene rings is 2. The molecule has 1 aromatic heterocycles. The predicted octanol–water partition coefficient (Wildman–Crippen LogP) is 2.56. The Bertz CT molecular complexity index is 940. The van der Waals surface area contributed by atoms with Gasteiger partial charge in [-0.3, -0.25) is 4.90 Å². The fourth-order valence-corrected chi connectivity index (χ4v) is 3.47. The molecule has 0 spiro atoms. The third-order valence-electron chi connectivity index (χ3n) is 5.14. The van der Waals surface area contributed by atoms with E-state index in [9.17, 15) is 4.79 Å². The van der Waals surface area contributed by atoms with Gasteiger partial charge in [-0.1, -0.05) is 24.3 Å². The van der Waals surface area contributed by atoms with E-state index in [-0.39, 0.29) is 5.97 Å². The highest BCUT2D eigenvalue weighted by Gasteiger charge is 2.15. The van der Waals surface area contributed by atoms with Crippen molar-refractivity contribution in [3.05, 3.63) is 59.8 Å². The molecule has 1 saturated heterocycles. The molecule has 1 fully saturated rings. The van der Waals surface area contributed by atoms with E-state index in [4.69, 9.17) is 4.74 Å². The second-order valence-corrected chi connectivity index (χ2v) is 7.05. The molecule has 0 N–H and O–H groups in total. The zero-order valence-corrected chi connectivity index (χ0v) is 15.8. The van der Waals surface area contributed by atoms with Gasteiger partial charge in [0, 0.05) is 44.3 Å². The van der Waals surface area contributed by atoms with Gasteiger partial charge in [-0.05, 0) is 30.8 Å². The summed E-state index contributed by atoms with van der Waals surface area (Å²) in [6, 6.07) is 14.0. The van der Waals surface area contributed by atoms with Crippen molar-refractivity contribution in [2.45, 2.75) is 6.54 Å². The molecule has 0 saturated carbocycles. The Hall–Kier alpha value is -2.70. The first kappa shape index (κ1) is 17.7. The molecule has 0 unspecified atom stereocenters. The van der Waals surface area contributed by atoms with Crippen LogP contribution in [0.5, 0.6) is 0 Å². The number of piperazine rings is 1. The average molecular weight is 364 g/mol. The van der Waals surface area contributed by atoms with Crippen molar-refractivity contribution in [1.29, 1.82) is 0 Å². The molecule has 0 atom stereocenters. The fraction of sp³-hybridized carbons (Fsp3) is 0.333. The maximum atomic E-state index is 11.9. The van der Waals surface area contributed by atoms with Gasteiger partial charge >= 0.3 is 5.97 Å². The number of rotatable bonds is 4. The first-order valence-corrected chi connectivity index (χ1v) is 9.21. The summed E-state index contributed by atoms with van der Waals surface area (Å²) in [6.07, 6.45) is 1.94. The number of likely N-dealkylation sites (N-methyl/N-ethyl adjacent to an activating group) is 1. The molecule has 6 heteroatoms. The number of carbonyl (C=O) groups excluding carboxylic acids is 1. The minimum absolute atomic E-state index is 0.367. The van der Waals surface area contributed by atoms with Crippen LogP contribution in [0.4, 0.5) is 0 Å². The van der Waals surface area contributed by atoms with E-state index in [1.807, 2.05) is 23.0 Å². The predicted molar refractivity (Wildman–Crippen MR) is 105 cm³/mol. The highest BCUT2D eigenvalue weighted by atomic mass is 16.5. The van der Waals surface area contributed by atoms with Crippen molar-refractivity contribution in [3.63, 3.8) is 0 Å². The first-order valence-electron chi connectivity index (χ1n) is 9.21. The third-order valence-corrected chi connectivity index (χ3v) is 5.14. The monoisotopic (exact) mass is 364 g/mol. The van der Waals surface area contributed by atoms with Crippen molar-refractivity contribution in [3.8, 4) is 5.69 Å². The topological polar surface area (TPSA) is 50.6 Å². The number of carbonyl (C=O) groups is 1. The summed E-state index contributed by atoms with van der Waals surface area (Å²) in [7, 11) is 3.56. The Labute approximate surface area is 158 Å². The quantitative estimate of drug-likeness (QED) is 0.666. The summed E-state index contributed by atoms with van der Waals surface area (Å²) in [6.45, 7) is 5.45. The molecule has 2 aromatic carbocycles. The van der Waals surface area contributed by atoms with E-state index in [1.54, 1.807) is 6.07 Å². The summed E-state index contributed by atoms with van der Waals surface area (Å²) >= 11 is 0. The Balaban J connectivity index is 1.54. The molecule has 2 heterocycles. The van der Waals surface area contributed by atoms with Crippen LogP contribution in [0.3, 0.4) is 0 Å². The molecule has 0 amide bonds. The number of fused-ring (bicyclic) bond motifs is 1. The van der Waals surface area contributed by atoms with Gasteiger partial charge < -0.3 is 9.64 Å². The number of aromatic nitrogens is 2. The van der Waals surface area contributed by atoms with Gasteiger partial charge in [0.1, 0.15) is 5.52 Å². The minimum atomic E-state index is -0.367. The van der Waals surface area contributed by atoms with Gasteiger partial charge in [0.15, 0.2) is 0 Å². The first-order chi connectivity index (χ1) is 13.1. The molecule has 0 aliphatic carbocycles. The number of esters is 1. The molecule has 0 radical (unpaired) electrons. The lowest BCUT2D eigenvalue weighted by Crippen LogP contribution is -2.43. The zero-order valence-electron chi connectivity index (χ0n) is 15.8. The van der Waals surface area contributed by atoms with Crippen LogP contribution in [0.15, 0.2) is 48.7 Å². The van der Waals surface area contributed by atoms with E-state index >= 15 is 0 Å². The largest absolute Gasteiger partial charge is 0.465 e. The molecule has 3 aromatic rings. The lowest BCUT2D eigenvalue weighted by Gasteiger charge is -2.32. The Morgan fingerprint density at radius 3 is 2.52 bits per heavy atom. The van der Waals surface area contributed by atoms with Crippen molar-refractivity contribution < 1.29 is 9.53 Å². The van der Waals surface area contributed by atoms with Crippen molar-refractivity contribution in [1.82, 2.24) is 19.6 Å². The summed E-state index contributed by atoms with van der Waals surface area (Å²) in [5, 5.41) is 5.52. The van der Waals surface area contributed by atoms with Crippen LogP contribution in [0.25, 0.3) is 16.6 Å². The van der Waals surface area contributed by atoms with Gasteiger partial charge in [-0.15, -0.1) is 0 Å². The van der Waals surface area contributed by atoms with Crippen molar-refractivity contribution in [2.75, 3.05) is 40.3 Å². The maximum absolute atomic E-state index is 11.9. The lowest BCUT2D eigenvalue weighted by atomic mass is 10.1. The van der Waals surface area contributed by atoms with Crippen LogP contribution in [0.2, 0.25) is 0 Å². The van der Waals surface area contributed by atoms with E-state index in [1.165, 1.54) is 12.7 Å². The van der Waals surface area contributed by atoms with Gasteiger partial charge in [-0.2, -0.15) is 5.10 Å². The standard InChI is InChI=1S/C21H24N4O2/c1-23-10-12-24(13-11-23)14-16-6-8-18(9-7-16)25-15-17-4-3-5-19(20(17)22-25)21(26)27-2/h3-9,15H,10-14H2,1-2H3. The molecule has 4 rings (SSSR count). The normalized spacial score (nSPS) is 15.9. The number of methoxy groups -OCH3 is 1. The molecular weight excluding hydrogens is 340 g/mol. The van der Waals surface area contributed by atoms with Crippen LogP contribution in [-0.4, -0.2) is 65.9 Å². The molecular formula is C21H24N4O2. The smallest absolute Gasteiger partial charge is 0.340 e. The molecule has 6 nitrogen and oxygen atoms in total. The number of ether oxygens (including phenoxy) is 1. The molecule has 1 aliphatic heterocycles. The van der Waals surface area contributed by atoms with E-state index in [0.29, 0.717) is 11.1 Å². The summed E-state index contributed by atoms with van der Waals surface area (Å²) in [5.74, 6) is -0.367. The lowest BCUT2D eigenvalue weighted by molar-refractivity contribution is 0.0602. The minimum Gasteiger partial charge on any atom is -0.465 e. The molecule has 27 heavy (non-hydrogen) atoms. The van der Waals surface area contributed by atoms with Crippen molar-refractivity contribution in [2.24, 2.45) is 0 Å². The highest BCUT2D eigenvalue weighted by molar-refractivity contribution is 6.02. The molecule has 140 valence electrons. The van der Waals surface area contributed by atoms with Gasteiger partial charge in [0.25, 0.3) is 0 Å². The van der Waals surface area contributed by atoms with Gasteiger partial charge in [-0.25, -0.2) is 9.48 Å². The van der Waals surface area contributed by atoms with E-state index in [0.717, 1.165) is 43.8 Å². The van der Waals surface area contributed by atoms with E-state index < -0.39 is 0 Å². The van der Waals surface area contributed by atoms with Crippen LogP contribution in [0.1, 0.15) is 15.9 Å². The summed E-state index contributed by atoms with van der Waals surface area (Å²) < 4.78 is 6.67. The van der Waals surface area contributed by atoms with E-state index in [2.05, 4.69) is 46.2 Å². The number of nitrogens with zero attached hydrogens (tertiary/aromatic N) is 4. The second kappa shape index (κ2) is 7.50. The summed E-state index contributed by atoms with van der Waals surface area (Å²) in [5.41, 5.74) is 3.42.